The van der Waals surface area contributed by atoms with Crippen LogP contribution in [0.4, 0.5) is 5.69 Å². The first-order chi connectivity index (χ1) is 9.97. The molecule has 0 aromatic heterocycles. The molecule has 0 radical (unpaired) electrons. The Balaban J connectivity index is 1.81. The summed E-state index contributed by atoms with van der Waals surface area (Å²) in [4.78, 5) is 13.8. The molecule has 1 fully saturated rings. The lowest BCUT2D eigenvalue weighted by molar-refractivity contribution is -0.120. The zero-order valence-electron chi connectivity index (χ0n) is 11.7. The standard InChI is InChI=1S/C15H19Cl3N2O/c16-15(17,18)14(21)19-9-8-12-4-6-13(7-5-12)20-10-2-1-3-11-20/h4-7H,1-3,8-11H2,(H,19,21). The quantitative estimate of drug-likeness (QED) is 0.841. The second kappa shape index (κ2) is 7.57. The second-order valence-corrected chi connectivity index (χ2v) is 7.50. The normalized spacial score (nSPS) is 15.9. The summed E-state index contributed by atoms with van der Waals surface area (Å²) in [6.07, 6.45) is 4.58. The Morgan fingerprint density at radius 3 is 2.29 bits per heavy atom. The molecule has 116 valence electrons. The topological polar surface area (TPSA) is 32.3 Å². The first-order valence-corrected chi connectivity index (χ1v) is 8.29. The number of alkyl halides is 3. The van der Waals surface area contributed by atoms with Crippen molar-refractivity contribution in [2.45, 2.75) is 29.5 Å². The van der Waals surface area contributed by atoms with Crippen molar-refractivity contribution in [3.05, 3.63) is 29.8 Å². The first-order valence-electron chi connectivity index (χ1n) is 7.16. The summed E-state index contributed by atoms with van der Waals surface area (Å²) in [5.41, 5.74) is 2.42. The van der Waals surface area contributed by atoms with E-state index in [9.17, 15) is 4.79 Å². The van der Waals surface area contributed by atoms with Crippen molar-refractivity contribution in [2.24, 2.45) is 0 Å². The van der Waals surface area contributed by atoms with E-state index in [1.807, 2.05) is 0 Å². The number of nitrogens with one attached hydrogen (secondary N) is 1. The van der Waals surface area contributed by atoms with E-state index in [2.05, 4.69) is 34.5 Å². The van der Waals surface area contributed by atoms with Gasteiger partial charge in [-0.2, -0.15) is 0 Å². The fourth-order valence-corrected chi connectivity index (χ4v) is 2.65. The van der Waals surface area contributed by atoms with E-state index in [0.717, 1.165) is 18.7 Å². The van der Waals surface area contributed by atoms with Crippen molar-refractivity contribution < 1.29 is 4.79 Å². The molecular formula is C15H19Cl3N2O. The van der Waals surface area contributed by atoms with Crippen LogP contribution in [0.15, 0.2) is 24.3 Å². The van der Waals surface area contributed by atoms with Gasteiger partial charge in [0.15, 0.2) is 0 Å². The Hall–Kier alpha value is -0.640. The van der Waals surface area contributed by atoms with Crippen LogP contribution in [0.1, 0.15) is 24.8 Å². The van der Waals surface area contributed by atoms with Gasteiger partial charge in [0, 0.05) is 25.3 Å². The van der Waals surface area contributed by atoms with Gasteiger partial charge in [-0.15, -0.1) is 0 Å². The summed E-state index contributed by atoms with van der Waals surface area (Å²) in [5, 5.41) is 2.60. The molecule has 0 atom stereocenters. The van der Waals surface area contributed by atoms with Crippen LogP contribution in [0.25, 0.3) is 0 Å². The van der Waals surface area contributed by atoms with Crippen LogP contribution in [0, 0.1) is 0 Å². The minimum Gasteiger partial charge on any atom is -0.372 e. The summed E-state index contributed by atoms with van der Waals surface area (Å²) < 4.78 is -1.89. The summed E-state index contributed by atoms with van der Waals surface area (Å²) in [7, 11) is 0. The monoisotopic (exact) mass is 348 g/mol. The molecule has 21 heavy (non-hydrogen) atoms. The molecule has 0 saturated carbocycles. The minimum atomic E-state index is -1.89. The molecule has 0 aliphatic carbocycles. The fraction of sp³-hybridized carbons (Fsp3) is 0.533. The van der Waals surface area contributed by atoms with Gasteiger partial charge in [0.25, 0.3) is 9.70 Å². The van der Waals surface area contributed by atoms with E-state index >= 15 is 0 Å². The zero-order valence-corrected chi connectivity index (χ0v) is 14.0. The van der Waals surface area contributed by atoms with Gasteiger partial charge in [0.2, 0.25) is 0 Å². The van der Waals surface area contributed by atoms with Crippen LogP contribution in [0.5, 0.6) is 0 Å². The number of hydrogen-bond donors (Lipinski definition) is 1. The summed E-state index contributed by atoms with van der Waals surface area (Å²) in [5.74, 6) is -0.586. The maximum Gasteiger partial charge on any atom is 0.272 e. The van der Waals surface area contributed by atoms with Crippen LogP contribution >= 0.6 is 34.8 Å². The maximum atomic E-state index is 11.4. The number of nitrogens with zero attached hydrogens (tertiary/aromatic N) is 1. The van der Waals surface area contributed by atoms with Crippen molar-refractivity contribution in [3.63, 3.8) is 0 Å². The Morgan fingerprint density at radius 2 is 1.71 bits per heavy atom. The van der Waals surface area contributed by atoms with Crippen LogP contribution in [0.2, 0.25) is 0 Å². The van der Waals surface area contributed by atoms with Gasteiger partial charge in [-0.05, 0) is 43.4 Å². The van der Waals surface area contributed by atoms with Gasteiger partial charge in [-0.25, -0.2) is 0 Å². The Morgan fingerprint density at radius 1 is 1.10 bits per heavy atom. The predicted molar refractivity (Wildman–Crippen MR) is 89.5 cm³/mol. The maximum absolute atomic E-state index is 11.4. The highest BCUT2D eigenvalue weighted by atomic mass is 35.6. The van der Waals surface area contributed by atoms with E-state index in [1.54, 1.807) is 0 Å². The molecule has 6 heteroatoms. The number of carbonyl (C=O) groups is 1. The molecule has 1 saturated heterocycles. The lowest BCUT2D eigenvalue weighted by Crippen LogP contribution is -2.35. The number of hydrogen-bond acceptors (Lipinski definition) is 2. The highest BCUT2D eigenvalue weighted by Gasteiger charge is 2.29. The first kappa shape index (κ1) is 16.7. The van der Waals surface area contributed by atoms with Gasteiger partial charge in [0.1, 0.15) is 0 Å². The minimum absolute atomic E-state index is 0.454. The lowest BCUT2D eigenvalue weighted by Gasteiger charge is -2.28. The number of carbonyl (C=O) groups excluding carboxylic acids is 1. The largest absolute Gasteiger partial charge is 0.372 e. The van der Waals surface area contributed by atoms with Crippen molar-refractivity contribution in [3.8, 4) is 0 Å². The third-order valence-corrected chi connectivity index (χ3v) is 4.13. The molecule has 0 bridgehead atoms. The van der Waals surface area contributed by atoms with Gasteiger partial charge >= 0.3 is 0 Å². The van der Waals surface area contributed by atoms with Gasteiger partial charge < -0.3 is 10.2 Å². The lowest BCUT2D eigenvalue weighted by atomic mass is 10.1. The number of amides is 1. The van der Waals surface area contributed by atoms with Gasteiger partial charge in [-0.3, -0.25) is 4.79 Å². The third kappa shape index (κ3) is 5.24. The number of benzene rings is 1. The SMILES string of the molecule is O=C(NCCc1ccc(N2CCCCC2)cc1)C(Cl)(Cl)Cl. The zero-order chi connectivity index (χ0) is 15.3. The molecule has 1 aliphatic heterocycles. The van der Waals surface area contributed by atoms with Crippen LogP contribution in [0.3, 0.4) is 0 Å². The summed E-state index contributed by atoms with van der Waals surface area (Å²) in [6.45, 7) is 2.73. The van der Waals surface area contributed by atoms with Crippen molar-refractivity contribution in [1.29, 1.82) is 0 Å². The molecule has 2 rings (SSSR count). The number of rotatable bonds is 4. The molecule has 1 amide bonds. The van der Waals surface area contributed by atoms with E-state index < -0.39 is 9.70 Å². The number of piperidine rings is 1. The summed E-state index contributed by atoms with van der Waals surface area (Å²) in [6, 6.07) is 8.45. The van der Waals surface area contributed by atoms with E-state index in [1.165, 1.54) is 24.9 Å². The number of anilines is 1. The van der Waals surface area contributed by atoms with Crippen molar-refractivity contribution in [2.75, 3.05) is 24.5 Å². The molecule has 0 unspecified atom stereocenters. The molecule has 3 nitrogen and oxygen atoms in total. The van der Waals surface area contributed by atoms with Crippen molar-refractivity contribution >= 4 is 46.4 Å². The van der Waals surface area contributed by atoms with E-state index in [-0.39, 0.29) is 0 Å². The molecular weight excluding hydrogens is 331 g/mol. The number of halogens is 3. The molecule has 1 aliphatic rings. The summed E-state index contributed by atoms with van der Waals surface area (Å²) >= 11 is 16.5. The molecule has 1 aromatic rings. The fourth-order valence-electron chi connectivity index (χ4n) is 2.45. The predicted octanol–water partition coefficient (Wildman–Crippen LogP) is 3.71. The highest BCUT2D eigenvalue weighted by molar-refractivity contribution is 6.76. The Bertz CT molecular complexity index is 465. The smallest absolute Gasteiger partial charge is 0.272 e. The molecule has 1 heterocycles. The molecule has 1 aromatic carbocycles. The van der Waals surface area contributed by atoms with Crippen LogP contribution < -0.4 is 10.2 Å². The Labute approximate surface area is 140 Å². The van der Waals surface area contributed by atoms with E-state index in [0.29, 0.717) is 13.0 Å². The van der Waals surface area contributed by atoms with Gasteiger partial charge in [-0.1, -0.05) is 46.9 Å². The average Bonchev–Trinajstić information content (AvgIpc) is 2.48. The van der Waals surface area contributed by atoms with Crippen molar-refractivity contribution in [1.82, 2.24) is 5.32 Å². The highest BCUT2D eigenvalue weighted by Crippen LogP contribution is 2.25. The average molecular weight is 350 g/mol. The Kier molecular flexibility index (Phi) is 6.03. The van der Waals surface area contributed by atoms with Crippen LogP contribution in [-0.2, 0) is 11.2 Å². The molecule has 1 N–H and O–H groups in total. The van der Waals surface area contributed by atoms with E-state index in [4.69, 9.17) is 34.8 Å². The van der Waals surface area contributed by atoms with Crippen LogP contribution in [-0.4, -0.2) is 29.3 Å². The van der Waals surface area contributed by atoms with Gasteiger partial charge in [0.05, 0.1) is 0 Å². The molecule has 0 spiro atoms. The second-order valence-electron chi connectivity index (χ2n) is 5.22. The third-order valence-electron chi connectivity index (χ3n) is 3.61.